The normalized spacial score (nSPS) is 11.0. The second-order valence-electron chi connectivity index (χ2n) is 3.78. The van der Waals surface area contributed by atoms with Crippen molar-refractivity contribution in [2.75, 3.05) is 32.2 Å². The number of ether oxygens (including phenoxy) is 2. The van der Waals surface area contributed by atoms with Crippen molar-refractivity contribution in [2.45, 2.75) is 26.5 Å². The minimum atomic E-state index is 0.272. The van der Waals surface area contributed by atoms with Crippen molar-refractivity contribution >= 4 is 5.95 Å². The van der Waals surface area contributed by atoms with Crippen LogP contribution in [0.1, 0.15) is 13.8 Å². The van der Waals surface area contributed by atoms with Gasteiger partial charge in [-0.1, -0.05) is 0 Å². The summed E-state index contributed by atoms with van der Waals surface area (Å²) in [7, 11) is 1.69. The van der Waals surface area contributed by atoms with Crippen LogP contribution in [0.2, 0.25) is 0 Å². The van der Waals surface area contributed by atoms with Gasteiger partial charge >= 0.3 is 0 Å². The summed E-state index contributed by atoms with van der Waals surface area (Å²) in [4.78, 5) is 4.23. The molecule has 0 radical (unpaired) electrons. The molecule has 0 saturated heterocycles. The maximum absolute atomic E-state index is 5.49. The zero-order chi connectivity index (χ0) is 11.8. The van der Waals surface area contributed by atoms with Gasteiger partial charge in [0.05, 0.1) is 19.3 Å². The Kier molecular flexibility index (Phi) is 5.88. The van der Waals surface area contributed by atoms with Gasteiger partial charge in [0.1, 0.15) is 0 Å². The second-order valence-corrected chi connectivity index (χ2v) is 3.78. The molecule has 5 nitrogen and oxygen atoms in total. The number of anilines is 1. The largest absolute Gasteiger partial charge is 0.383 e. The molecule has 1 rings (SSSR count). The van der Waals surface area contributed by atoms with E-state index in [-0.39, 0.29) is 6.10 Å². The van der Waals surface area contributed by atoms with Crippen LogP contribution in [-0.4, -0.2) is 42.5 Å². The average Bonchev–Trinajstić information content (AvgIpc) is 2.66. The molecule has 0 atom stereocenters. The number of methoxy groups -OCH3 is 1. The molecule has 0 aromatic carbocycles. The lowest BCUT2D eigenvalue weighted by atomic mass is 10.5. The van der Waals surface area contributed by atoms with Crippen LogP contribution in [0.25, 0.3) is 0 Å². The fourth-order valence-corrected chi connectivity index (χ4v) is 1.31. The molecule has 0 amide bonds. The summed E-state index contributed by atoms with van der Waals surface area (Å²) in [6.45, 7) is 7.02. The van der Waals surface area contributed by atoms with Crippen molar-refractivity contribution < 1.29 is 9.47 Å². The highest BCUT2D eigenvalue weighted by molar-refractivity contribution is 5.25. The topological polar surface area (TPSA) is 48.3 Å². The molecule has 92 valence electrons. The Balaban J connectivity index is 2.32. The van der Waals surface area contributed by atoms with Crippen molar-refractivity contribution in [2.24, 2.45) is 0 Å². The molecule has 0 bridgehead atoms. The SMILES string of the molecule is COCCNc1nccn1CCOC(C)C. The number of nitrogens with zero attached hydrogens (tertiary/aromatic N) is 2. The maximum Gasteiger partial charge on any atom is 0.202 e. The Morgan fingerprint density at radius 1 is 1.44 bits per heavy atom. The van der Waals surface area contributed by atoms with E-state index < -0.39 is 0 Å². The van der Waals surface area contributed by atoms with Gasteiger partial charge in [0.25, 0.3) is 0 Å². The molecule has 0 spiro atoms. The first-order chi connectivity index (χ1) is 7.74. The summed E-state index contributed by atoms with van der Waals surface area (Å²) in [5.74, 6) is 0.865. The molecule has 1 aromatic rings. The predicted molar refractivity (Wildman–Crippen MR) is 63.7 cm³/mol. The van der Waals surface area contributed by atoms with Gasteiger partial charge in [-0.25, -0.2) is 4.98 Å². The molecule has 5 heteroatoms. The van der Waals surface area contributed by atoms with Crippen LogP contribution in [-0.2, 0) is 16.0 Å². The van der Waals surface area contributed by atoms with Gasteiger partial charge in [-0.2, -0.15) is 0 Å². The lowest BCUT2D eigenvalue weighted by Gasteiger charge is -2.11. The fourth-order valence-electron chi connectivity index (χ4n) is 1.31. The predicted octanol–water partition coefficient (Wildman–Crippen LogP) is 1.37. The maximum atomic E-state index is 5.49. The average molecular weight is 227 g/mol. The lowest BCUT2D eigenvalue weighted by Crippen LogP contribution is -2.15. The number of hydrogen-bond donors (Lipinski definition) is 1. The minimum Gasteiger partial charge on any atom is -0.383 e. The highest BCUT2D eigenvalue weighted by atomic mass is 16.5. The summed E-state index contributed by atoms with van der Waals surface area (Å²) < 4.78 is 12.5. The quantitative estimate of drug-likeness (QED) is 0.681. The van der Waals surface area contributed by atoms with E-state index in [0.29, 0.717) is 13.2 Å². The third-order valence-corrected chi connectivity index (χ3v) is 2.09. The van der Waals surface area contributed by atoms with Crippen LogP contribution in [0.5, 0.6) is 0 Å². The molecule has 0 aliphatic carbocycles. The molecule has 0 unspecified atom stereocenters. The number of hydrogen-bond acceptors (Lipinski definition) is 4. The Morgan fingerprint density at radius 3 is 2.94 bits per heavy atom. The molecule has 1 aromatic heterocycles. The fraction of sp³-hybridized carbons (Fsp3) is 0.727. The summed E-state index contributed by atoms with van der Waals surface area (Å²) in [6, 6.07) is 0. The van der Waals surface area contributed by atoms with Crippen LogP contribution in [0.15, 0.2) is 12.4 Å². The Labute approximate surface area is 96.8 Å². The van der Waals surface area contributed by atoms with Gasteiger partial charge in [0.2, 0.25) is 5.95 Å². The van der Waals surface area contributed by atoms with E-state index in [9.17, 15) is 0 Å². The highest BCUT2D eigenvalue weighted by Crippen LogP contribution is 2.03. The zero-order valence-corrected chi connectivity index (χ0v) is 10.3. The lowest BCUT2D eigenvalue weighted by molar-refractivity contribution is 0.0730. The molecule has 0 aliphatic rings. The molecule has 0 fully saturated rings. The van der Waals surface area contributed by atoms with Crippen molar-refractivity contribution in [3.8, 4) is 0 Å². The summed E-state index contributed by atoms with van der Waals surface area (Å²) in [5.41, 5.74) is 0. The summed E-state index contributed by atoms with van der Waals surface area (Å²) >= 11 is 0. The Hall–Kier alpha value is -1.07. The molecule has 0 aliphatic heterocycles. The number of aromatic nitrogens is 2. The van der Waals surface area contributed by atoms with E-state index in [4.69, 9.17) is 9.47 Å². The van der Waals surface area contributed by atoms with Gasteiger partial charge < -0.3 is 19.4 Å². The van der Waals surface area contributed by atoms with Crippen LogP contribution in [0, 0.1) is 0 Å². The van der Waals surface area contributed by atoms with Gasteiger partial charge in [0.15, 0.2) is 0 Å². The van der Waals surface area contributed by atoms with Crippen LogP contribution >= 0.6 is 0 Å². The summed E-state index contributed by atoms with van der Waals surface area (Å²) in [5, 5.41) is 3.20. The van der Waals surface area contributed by atoms with E-state index in [1.165, 1.54) is 0 Å². The van der Waals surface area contributed by atoms with Crippen molar-refractivity contribution in [1.29, 1.82) is 0 Å². The zero-order valence-electron chi connectivity index (χ0n) is 10.3. The first-order valence-electron chi connectivity index (χ1n) is 5.59. The number of nitrogens with one attached hydrogen (secondary N) is 1. The molecular weight excluding hydrogens is 206 g/mol. The third kappa shape index (κ3) is 4.63. The third-order valence-electron chi connectivity index (χ3n) is 2.09. The van der Waals surface area contributed by atoms with Gasteiger partial charge in [0, 0.05) is 32.6 Å². The molecule has 0 saturated carbocycles. The van der Waals surface area contributed by atoms with Crippen LogP contribution in [0.4, 0.5) is 5.95 Å². The molecule has 16 heavy (non-hydrogen) atoms. The Morgan fingerprint density at radius 2 is 2.25 bits per heavy atom. The smallest absolute Gasteiger partial charge is 0.202 e. The first-order valence-corrected chi connectivity index (χ1v) is 5.59. The Bertz CT molecular complexity index is 287. The summed E-state index contributed by atoms with van der Waals surface area (Å²) in [6.07, 6.45) is 4.00. The van der Waals surface area contributed by atoms with Crippen LogP contribution < -0.4 is 5.32 Å². The monoisotopic (exact) mass is 227 g/mol. The number of imidazole rings is 1. The minimum absolute atomic E-state index is 0.272. The van der Waals surface area contributed by atoms with E-state index in [0.717, 1.165) is 19.0 Å². The van der Waals surface area contributed by atoms with E-state index >= 15 is 0 Å². The standard InChI is InChI=1S/C11H21N3O2/c1-10(2)16-9-7-14-6-4-12-11(14)13-5-8-15-3/h4,6,10H,5,7-9H2,1-3H3,(H,12,13). The molecule has 1 N–H and O–H groups in total. The van der Waals surface area contributed by atoms with E-state index in [1.807, 2.05) is 24.6 Å². The van der Waals surface area contributed by atoms with Crippen LogP contribution in [0.3, 0.4) is 0 Å². The second kappa shape index (κ2) is 7.24. The van der Waals surface area contributed by atoms with Crippen molar-refractivity contribution in [3.63, 3.8) is 0 Å². The van der Waals surface area contributed by atoms with Gasteiger partial charge in [-0.05, 0) is 13.8 Å². The van der Waals surface area contributed by atoms with Crippen molar-refractivity contribution in [3.05, 3.63) is 12.4 Å². The highest BCUT2D eigenvalue weighted by Gasteiger charge is 2.01. The van der Waals surface area contributed by atoms with Crippen molar-refractivity contribution in [1.82, 2.24) is 9.55 Å². The number of rotatable bonds is 8. The van der Waals surface area contributed by atoms with Gasteiger partial charge in [-0.15, -0.1) is 0 Å². The first kappa shape index (κ1) is 13.0. The van der Waals surface area contributed by atoms with Gasteiger partial charge in [-0.3, -0.25) is 0 Å². The van der Waals surface area contributed by atoms with E-state index in [2.05, 4.69) is 10.3 Å². The van der Waals surface area contributed by atoms with E-state index in [1.54, 1.807) is 13.3 Å². The molecular formula is C11H21N3O2. The molecule has 1 heterocycles.